The van der Waals surface area contributed by atoms with Crippen LogP contribution in [0.1, 0.15) is 18.9 Å². The monoisotopic (exact) mass is 242 g/mol. The zero-order chi connectivity index (χ0) is 13.0. The maximum atomic E-state index is 11.8. The third-order valence-electron chi connectivity index (χ3n) is 2.50. The van der Waals surface area contributed by atoms with Gasteiger partial charge in [0.25, 0.3) is 11.1 Å². The molecule has 2 N–H and O–H groups in total. The molecule has 2 aromatic rings. The molecular formula is C14H14N2O2. The normalized spacial score (nSPS) is 12.9. The van der Waals surface area contributed by atoms with Crippen molar-refractivity contribution in [1.29, 1.82) is 0 Å². The molecule has 0 spiro atoms. The minimum Gasteiger partial charge on any atom is -0.316 e. The number of nitrogens with one attached hydrogen (secondary N) is 2. The van der Waals surface area contributed by atoms with Gasteiger partial charge < -0.3 is 9.97 Å². The first-order chi connectivity index (χ1) is 8.70. The van der Waals surface area contributed by atoms with Crippen LogP contribution in [0.2, 0.25) is 0 Å². The molecular weight excluding hydrogens is 228 g/mol. The van der Waals surface area contributed by atoms with Crippen LogP contribution in [0, 0.1) is 0 Å². The van der Waals surface area contributed by atoms with Gasteiger partial charge in [0.15, 0.2) is 0 Å². The molecule has 0 aliphatic heterocycles. The lowest BCUT2D eigenvalue weighted by Crippen LogP contribution is -2.46. The Morgan fingerprint density at radius 1 is 1.00 bits per heavy atom. The molecule has 0 atom stereocenters. The van der Waals surface area contributed by atoms with Gasteiger partial charge >= 0.3 is 0 Å². The standard InChI is InChI=1S/C14H14N2O2/c1-2-6-11-13(17)16-12(14(18)15-11)9-10-7-4-3-5-8-10/h3-9H,2H2,1H3,(H,15,18)(H,16,17)/b11-6+,12-9-. The van der Waals surface area contributed by atoms with Crippen LogP contribution in [0.4, 0.5) is 0 Å². The molecule has 1 aromatic carbocycles. The van der Waals surface area contributed by atoms with Crippen molar-refractivity contribution in [3.63, 3.8) is 0 Å². The number of aromatic nitrogens is 2. The smallest absolute Gasteiger partial charge is 0.272 e. The average Bonchev–Trinajstić information content (AvgIpc) is 2.37. The van der Waals surface area contributed by atoms with E-state index in [2.05, 4.69) is 9.97 Å². The molecule has 2 rings (SSSR count). The number of hydrogen-bond donors (Lipinski definition) is 2. The van der Waals surface area contributed by atoms with Crippen LogP contribution in [-0.2, 0) is 0 Å². The topological polar surface area (TPSA) is 65.7 Å². The van der Waals surface area contributed by atoms with Crippen LogP contribution in [-0.4, -0.2) is 9.97 Å². The van der Waals surface area contributed by atoms with Gasteiger partial charge in [-0.3, -0.25) is 9.59 Å². The van der Waals surface area contributed by atoms with Gasteiger partial charge in [-0.2, -0.15) is 0 Å². The van der Waals surface area contributed by atoms with Crippen LogP contribution < -0.4 is 21.8 Å². The van der Waals surface area contributed by atoms with Gasteiger partial charge in [-0.25, -0.2) is 0 Å². The first-order valence-electron chi connectivity index (χ1n) is 5.80. The molecule has 0 saturated heterocycles. The van der Waals surface area contributed by atoms with Crippen molar-refractivity contribution in [2.75, 3.05) is 0 Å². The van der Waals surface area contributed by atoms with Crippen molar-refractivity contribution in [1.82, 2.24) is 9.97 Å². The number of H-pyrrole nitrogens is 2. The molecule has 0 saturated carbocycles. The summed E-state index contributed by atoms with van der Waals surface area (Å²) in [7, 11) is 0. The Kier molecular flexibility index (Phi) is 3.57. The maximum Gasteiger partial charge on any atom is 0.272 e. The summed E-state index contributed by atoms with van der Waals surface area (Å²) in [5.74, 6) is 0. The van der Waals surface area contributed by atoms with Crippen LogP contribution in [0.25, 0.3) is 12.2 Å². The van der Waals surface area contributed by atoms with Gasteiger partial charge in [-0.05, 0) is 18.1 Å². The minimum atomic E-state index is -0.293. The number of hydrogen-bond acceptors (Lipinski definition) is 2. The highest BCUT2D eigenvalue weighted by Gasteiger charge is 1.94. The summed E-state index contributed by atoms with van der Waals surface area (Å²) in [5.41, 5.74) is 0.294. The van der Waals surface area contributed by atoms with Gasteiger partial charge in [0.05, 0.1) is 0 Å². The summed E-state index contributed by atoms with van der Waals surface area (Å²) in [6, 6.07) is 9.37. The maximum absolute atomic E-state index is 11.8. The SMILES string of the molecule is CC/C=c1/[nH]c(=O)/c(=C/c2ccccc2)[nH]c1=O. The fourth-order valence-electron chi connectivity index (χ4n) is 1.66. The number of aromatic amines is 2. The lowest BCUT2D eigenvalue weighted by atomic mass is 10.2. The van der Waals surface area contributed by atoms with Gasteiger partial charge in [0, 0.05) is 0 Å². The molecule has 4 heteroatoms. The molecule has 0 fully saturated rings. The van der Waals surface area contributed by atoms with Crippen LogP contribution in [0.15, 0.2) is 39.9 Å². The van der Waals surface area contributed by atoms with Crippen molar-refractivity contribution >= 4 is 12.2 Å². The van der Waals surface area contributed by atoms with Crippen molar-refractivity contribution in [2.45, 2.75) is 13.3 Å². The molecule has 92 valence electrons. The fraction of sp³-hybridized carbons (Fsp3) is 0.143. The lowest BCUT2D eigenvalue weighted by molar-refractivity contribution is 0.995. The summed E-state index contributed by atoms with van der Waals surface area (Å²) in [5, 5.41) is 0.576. The highest BCUT2D eigenvalue weighted by Crippen LogP contribution is 1.96. The molecule has 0 aliphatic carbocycles. The van der Waals surface area contributed by atoms with Crippen LogP contribution >= 0.6 is 0 Å². The Hall–Kier alpha value is -2.36. The Morgan fingerprint density at radius 2 is 1.61 bits per heavy atom. The van der Waals surface area contributed by atoms with E-state index in [4.69, 9.17) is 0 Å². The van der Waals surface area contributed by atoms with E-state index in [0.717, 1.165) is 5.56 Å². The van der Waals surface area contributed by atoms with Gasteiger partial charge in [0.2, 0.25) is 0 Å². The first-order valence-corrected chi connectivity index (χ1v) is 5.80. The minimum absolute atomic E-state index is 0.263. The summed E-state index contributed by atoms with van der Waals surface area (Å²) < 4.78 is 0. The van der Waals surface area contributed by atoms with E-state index < -0.39 is 0 Å². The molecule has 0 unspecified atom stereocenters. The second-order valence-electron chi connectivity index (χ2n) is 3.90. The Bertz CT molecular complexity index is 755. The van der Waals surface area contributed by atoms with Crippen LogP contribution in [0.3, 0.4) is 0 Å². The van der Waals surface area contributed by atoms with Gasteiger partial charge in [-0.1, -0.05) is 43.3 Å². The van der Waals surface area contributed by atoms with Crippen molar-refractivity contribution in [3.05, 3.63) is 67.3 Å². The second-order valence-corrected chi connectivity index (χ2v) is 3.90. The number of benzene rings is 1. The summed E-state index contributed by atoms with van der Waals surface area (Å²) in [4.78, 5) is 28.7. The molecule has 0 bridgehead atoms. The predicted molar refractivity (Wildman–Crippen MR) is 71.7 cm³/mol. The summed E-state index contributed by atoms with van der Waals surface area (Å²) in [6.45, 7) is 1.90. The van der Waals surface area contributed by atoms with Gasteiger partial charge in [-0.15, -0.1) is 0 Å². The highest BCUT2D eigenvalue weighted by atomic mass is 16.1. The fourth-order valence-corrected chi connectivity index (χ4v) is 1.66. The van der Waals surface area contributed by atoms with E-state index in [1.165, 1.54) is 0 Å². The molecule has 0 aliphatic rings. The summed E-state index contributed by atoms with van der Waals surface area (Å²) in [6.07, 6.45) is 4.03. The Labute approximate surface area is 103 Å². The predicted octanol–water partition coefficient (Wildman–Crippen LogP) is 0.0825. The Morgan fingerprint density at radius 3 is 2.28 bits per heavy atom. The molecule has 1 heterocycles. The van der Waals surface area contributed by atoms with E-state index in [9.17, 15) is 9.59 Å². The molecule has 0 radical (unpaired) electrons. The molecule has 0 amide bonds. The largest absolute Gasteiger partial charge is 0.316 e. The third-order valence-corrected chi connectivity index (χ3v) is 2.50. The van der Waals surface area contributed by atoms with Crippen molar-refractivity contribution in [2.24, 2.45) is 0 Å². The first kappa shape index (κ1) is 12.1. The van der Waals surface area contributed by atoms with Crippen molar-refractivity contribution in [3.8, 4) is 0 Å². The molecule has 1 aromatic heterocycles. The quantitative estimate of drug-likeness (QED) is 0.783. The van der Waals surface area contributed by atoms with E-state index in [1.807, 2.05) is 37.3 Å². The average molecular weight is 242 g/mol. The van der Waals surface area contributed by atoms with E-state index in [-0.39, 0.29) is 16.5 Å². The van der Waals surface area contributed by atoms with E-state index in [1.54, 1.807) is 12.2 Å². The summed E-state index contributed by atoms with van der Waals surface area (Å²) >= 11 is 0. The second kappa shape index (κ2) is 5.31. The van der Waals surface area contributed by atoms with Crippen LogP contribution in [0.5, 0.6) is 0 Å². The van der Waals surface area contributed by atoms with E-state index in [0.29, 0.717) is 11.8 Å². The Balaban J connectivity index is 2.65. The van der Waals surface area contributed by atoms with E-state index >= 15 is 0 Å². The zero-order valence-corrected chi connectivity index (χ0v) is 10.1. The highest BCUT2D eigenvalue weighted by molar-refractivity contribution is 5.47. The zero-order valence-electron chi connectivity index (χ0n) is 10.1. The van der Waals surface area contributed by atoms with Crippen molar-refractivity contribution < 1.29 is 0 Å². The molecule has 4 nitrogen and oxygen atoms in total. The van der Waals surface area contributed by atoms with Gasteiger partial charge in [0.1, 0.15) is 10.7 Å². The number of rotatable bonds is 2. The lowest BCUT2D eigenvalue weighted by Gasteiger charge is -1.92. The third kappa shape index (κ3) is 2.66. The molecule has 18 heavy (non-hydrogen) atoms.